The van der Waals surface area contributed by atoms with Gasteiger partial charge in [-0.25, -0.2) is 4.79 Å². The largest absolute Gasteiger partial charge is 0.463 e. The first-order valence-electron chi connectivity index (χ1n) is 6.21. The second-order valence-electron chi connectivity index (χ2n) is 4.30. The maximum atomic E-state index is 11.6. The summed E-state index contributed by atoms with van der Waals surface area (Å²) >= 11 is 1.08. The fourth-order valence-electron chi connectivity index (χ4n) is 1.61. The number of thioether (sulfide) groups is 1. The second-order valence-corrected chi connectivity index (χ2v) is 5.28. The summed E-state index contributed by atoms with van der Waals surface area (Å²) in [5, 5.41) is 6.14. The number of hydrogen-bond donors (Lipinski definition) is 1. The van der Waals surface area contributed by atoms with E-state index in [0.29, 0.717) is 18.0 Å². The zero-order valence-corrected chi connectivity index (χ0v) is 12.1. The van der Waals surface area contributed by atoms with Gasteiger partial charge in [-0.15, -0.1) is 11.8 Å². The number of carbonyl (C=O) groups excluding carboxylic acids is 3. The number of aromatic nitrogens is 1. The lowest BCUT2D eigenvalue weighted by atomic mass is 10.3. The molecule has 1 aromatic rings. The number of ether oxygens (including phenoxy) is 2. The highest BCUT2D eigenvalue weighted by Gasteiger charge is 2.29. The van der Waals surface area contributed by atoms with Gasteiger partial charge in [-0.2, -0.15) is 0 Å². The second kappa shape index (κ2) is 7.11. The molecule has 0 bridgehead atoms. The van der Waals surface area contributed by atoms with Crippen molar-refractivity contribution in [3.63, 3.8) is 0 Å². The standard InChI is InChI=1S/C12H14N2O6S/c1-7-4-9(14-20-7)13-10(15)5-21-6-11(16)19-8-2-3-18-12(8)17/h4,8H,2-3,5-6H2,1H3,(H,13,14,15)/t8-/m0/s1. The predicted molar refractivity (Wildman–Crippen MR) is 72.7 cm³/mol. The molecule has 1 aliphatic heterocycles. The van der Waals surface area contributed by atoms with Gasteiger partial charge in [0, 0.05) is 12.5 Å². The third-order valence-corrected chi connectivity index (χ3v) is 3.42. The number of nitrogens with one attached hydrogen (secondary N) is 1. The van der Waals surface area contributed by atoms with Gasteiger partial charge in [0.25, 0.3) is 0 Å². The summed E-state index contributed by atoms with van der Waals surface area (Å²) in [6, 6.07) is 1.59. The molecule has 1 aliphatic rings. The summed E-state index contributed by atoms with van der Waals surface area (Å²) in [6.45, 7) is 1.98. The Balaban J connectivity index is 1.63. The molecule has 2 rings (SSSR count). The third kappa shape index (κ3) is 4.78. The fraction of sp³-hybridized carbons (Fsp3) is 0.500. The first kappa shape index (κ1) is 15.4. The average Bonchev–Trinajstić information content (AvgIpc) is 2.99. The molecular weight excluding hydrogens is 300 g/mol. The number of carbonyl (C=O) groups is 3. The van der Waals surface area contributed by atoms with E-state index in [2.05, 4.69) is 15.2 Å². The van der Waals surface area contributed by atoms with Crippen LogP contribution < -0.4 is 5.32 Å². The van der Waals surface area contributed by atoms with Gasteiger partial charge < -0.3 is 19.3 Å². The Hall–Kier alpha value is -2.03. The highest BCUT2D eigenvalue weighted by Crippen LogP contribution is 2.12. The van der Waals surface area contributed by atoms with Crippen LogP contribution in [-0.2, 0) is 23.9 Å². The summed E-state index contributed by atoms with van der Waals surface area (Å²) in [6.07, 6.45) is -0.439. The van der Waals surface area contributed by atoms with Gasteiger partial charge in [-0.3, -0.25) is 9.59 Å². The number of hydrogen-bond acceptors (Lipinski definition) is 8. The summed E-state index contributed by atoms with van der Waals surface area (Å²) in [4.78, 5) is 34.1. The Labute approximate surface area is 124 Å². The molecule has 9 heteroatoms. The molecule has 114 valence electrons. The lowest BCUT2D eigenvalue weighted by molar-refractivity contribution is -0.158. The Morgan fingerprint density at radius 3 is 2.95 bits per heavy atom. The van der Waals surface area contributed by atoms with Crippen molar-refractivity contribution in [1.29, 1.82) is 0 Å². The number of rotatable bonds is 6. The molecule has 0 unspecified atom stereocenters. The molecule has 1 N–H and O–H groups in total. The lowest BCUT2D eigenvalue weighted by Gasteiger charge is -2.07. The van der Waals surface area contributed by atoms with Crippen LogP contribution in [0.2, 0.25) is 0 Å². The number of anilines is 1. The topological polar surface area (TPSA) is 108 Å². The predicted octanol–water partition coefficient (Wildman–Crippen LogP) is 0.513. The Kier molecular flexibility index (Phi) is 5.20. The Morgan fingerprint density at radius 1 is 1.52 bits per heavy atom. The van der Waals surface area contributed by atoms with Crippen molar-refractivity contribution >= 4 is 35.4 Å². The van der Waals surface area contributed by atoms with Gasteiger partial charge in [0.2, 0.25) is 12.0 Å². The van der Waals surface area contributed by atoms with E-state index in [4.69, 9.17) is 9.26 Å². The van der Waals surface area contributed by atoms with Crippen LogP contribution >= 0.6 is 11.8 Å². The van der Waals surface area contributed by atoms with E-state index in [1.54, 1.807) is 13.0 Å². The van der Waals surface area contributed by atoms with E-state index < -0.39 is 18.0 Å². The molecule has 0 radical (unpaired) electrons. The molecule has 1 aromatic heterocycles. The molecular formula is C12H14N2O6S. The number of cyclic esters (lactones) is 1. The molecule has 1 atom stereocenters. The Bertz CT molecular complexity index is 544. The molecule has 8 nitrogen and oxygen atoms in total. The zero-order valence-electron chi connectivity index (χ0n) is 11.3. The molecule has 0 saturated carbocycles. The molecule has 0 aromatic carbocycles. The quantitative estimate of drug-likeness (QED) is 0.757. The molecule has 21 heavy (non-hydrogen) atoms. The van der Waals surface area contributed by atoms with Crippen molar-refractivity contribution in [2.45, 2.75) is 19.4 Å². The molecule has 2 heterocycles. The number of amides is 1. The van der Waals surface area contributed by atoms with Crippen LogP contribution in [-0.4, -0.2) is 47.2 Å². The van der Waals surface area contributed by atoms with Crippen molar-refractivity contribution in [2.75, 3.05) is 23.4 Å². The van der Waals surface area contributed by atoms with Gasteiger partial charge in [-0.05, 0) is 6.92 Å². The third-order valence-electron chi connectivity index (χ3n) is 2.51. The molecule has 0 aliphatic carbocycles. The van der Waals surface area contributed by atoms with Gasteiger partial charge >= 0.3 is 11.9 Å². The van der Waals surface area contributed by atoms with Gasteiger partial charge in [0.05, 0.1) is 18.1 Å². The van der Waals surface area contributed by atoms with E-state index in [9.17, 15) is 14.4 Å². The minimum absolute atomic E-state index is 0.0188. The molecule has 0 spiro atoms. The minimum Gasteiger partial charge on any atom is -0.463 e. The van der Waals surface area contributed by atoms with Crippen molar-refractivity contribution in [3.05, 3.63) is 11.8 Å². The van der Waals surface area contributed by atoms with Crippen molar-refractivity contribution < 1.29 is 28.4 Å². The number of nitrogens with zero attached hydrogens (tertiary/aromatic N) is 1. The van der Waals surface area contributed by atoms with E-state index in [1.807, 2.05) is 0 Å². The van der Waals surface area contributed by atoms with E-state index in [0.717, 1.165) is 11.8 Å². The zero-order chi connectivity index (χ0) is 15.2. The smallest absolute Gasteiger partial charge is 0.347 e. The average molecular weight is 314 g/mol. The summed E-state index contributed by atoms with van der Waals surface area (Å²) < 4.78 is 14.4. The van der Waals surface area contributed by atoms with Crippen molar-refractivity contribution in [1.82, 2.24) is 5.16 Å². The summed E-state index contributed by atoms with van der Waals surface area (Å²) in [5.74, 6) is -0.410. The first-order valence-corrected chi connectivity index (χ1v) is 7.37. The van der Waals surface area contributed by atoms with Crippen molar-refractivity contribution in [3.8, 4) is 0 Å². The fourth-order valence-corrected chi connectivity index (χ4v) is 2.20. The van der Waals surface area contributed by atoms with Crippen molar-refractivity contribution in [2.24, 2.45) is 0 Å². The van der Waals surface area contributed by atoms with Crippen LogP contribution in [0.4, 0.5) is 5.82 Å². The van der Waals surface area contributed by atoms with Crippen LogP contribution in [0.15, 0.2) is 10.6 Å². The van der Waals surface area contributed by atoms with E-state index >= 15 is 0 Å². The van der Waals surface area contributed by atoms with Crippen LogP contribution in [0.3, 0.4) is 0 Å². The van der Waals surface area contributed by atoms with E-state index in [1.165, 1.54) is 0 Å². The SMILES string of the molecule is Cc1cc(NC(=O)CSCC(=O)O[C@H]2CCOC2=O)no1. The molecule has 1 fully saturated rings. The Morgan fingerprint density at radius 2 is 2.33 bits per heavy atom. The van der Waals surface area contributed by atoms with Crippen LogP contribution in [0, 0.1) is 6.92 Å². The maximum absolute atomic E-state index is 11.6. The lowest BCUT2D eigenvalue weighted by Crippen LogP contribution is -2.24. The summed E-state index contributed by atoms with van der Waals surface area (Å²) in [7, 11) is 0. The number of esters is 2. The van der Waals surface area contributed by atoms with Crippen LogP contribution in [0.1, 0.15) is 12.2 Å². The minimum atomic E-state index is -0.815. The highest BCUT2D eigenvalue weighted by molar-refractivity contribution is 8.00. The van der Waals surface area contributed by atoms with Crippen LogP contribution in [0.5, 0.6) is 0 Å². The van der Waals surface area contributed by atoms with E-state index in [-0.39, 0.29) is 24.0 Å². The van der Waals surface area contributed by atoms with Gasteiger partial charge in [0.15, 0.2) is 5.82 Å². The highest BCUT2D eigenvalue weighted by atomic mass is 32.2. The van der Waals surface area contributed by atoms with Gasteiger partial charge in [-0.1, -0.05) is 5.16 Å². The van der Waals surface area contributed by atoms with Crippen LogP contribution in [0.25, 0.3) is 0 Å². The molecule has 1 amide bonds. The van der Waals surface area contributed by atoms with Gasteiger partial charge in [0.1, 0.15) is 5.76 Å². The monoisotopic (exact) mass is 314 g/mol. The first-order chi connectivity index (χ1) is 10.0. The normalized spacial score (nSPS) is 17.4. The molecule has 1 saturated heterocycles. The summed E-state index contributed by atoms with van der Waals surface area (Å²) in [5.41, 5.74) is 0. The number of aryl methyl sites for hydroxylation is 1. The maximum Gasteiger partial charge on any atom is 0.347 e.